The molecule has 1 aromatic rings. The molecule has 0 aliphatic carbocycles. The molecule has 1 saturated heterocycles. The van der Waals surface area contributed by atoms with E-state index < -0.39 is 6.10 Å². The number of nitrogens with one attached hydrogen (secondary N) is 1. The predicted molar refractivity (Wildman–Crippen MR) is 98.4 cm³/mol. The molecule has 1 aliphatic rings. The van der Waals surface area contributed by atoms with E-state index in [0.29, 0.717) is 6.54 Å². The molecule has 138 valence electrons. The molecule has 1 fully saturated rings. The number of ether oxygens (including phenoxy) is 1. The second-order valence-corrected chi connectivity index (χ2v) is 6.41. The topological polar surface area (TPSA) is 74.2 Å². The number of hydrogen-bond donors (Lipinski definition) is 2. The van der Waals surface area contributed by atoms with Gasteiger partial charge in [-0.05, 0) is 32.3 Å². The molecule has 1 heterocycles. The first-order chi connectivity index (χ1) is 12.0. The summed E-state index contributed by atoms with van der Waals surface area (Å²) >= 11 is 0. The lowest BCUT2D eigenvalue weighted by Crippen LogP contribution is -2.46. The van der Waals surface area contributed by atoms with Gasteiger partial charge in [0.15, 0.2) is 5.96 Å². The van der Waals surface area contributed by atoms with Crippen LogP contribution >= 0.6 is 0 Å². The third-order valence-electron chi connectivity index (χ3n) is 4.54. The zero-order chi connectivity index (χ0) is 18.2. The Morgan fingerprint density at radius 1 is 1.36 bits per heavy atom. The fourth-order valence-electron chi connectivity index (χ4n) is 2.99. The van der Waals surface area contributed by atoms with Crippen molar-refractivity contribution in [3.63, 3.8) is 0 Å². The Balaban J connectivity index is 1.96. The van der Waals surface area contributed by atoms with Gasteiger partial charge in [-0.3, -0.25) is 9.79 Å². The van der Waals surface area contributed by atoms with Crippen LogP contribution in [0, 0.1) is 12.8 Å². The third kappa shape index (κ3) is 5.46. The minimum absolute atomic E-state index is 0.0257. The molecule has 0 amide bonds. The summed E-state index contributed by atoms with van der Waals surface area (Å²) in [4.78, 5) is 18.4. The van der Waals surface area contributed by atoms with Crippen molar-refractivity contribution in [3.05, 3.63) is 35.4 Å². The minimum Gasteiger partial charge on any atom is -0.469 e. The molecule has 25 heavy (non-hydrogen) atoms. The van der Waals surface area contributed by atoms with Crippen LogP contribution in [0.1, 0.15) is 37.0 Å². The number of hydrogen-bond acceptors (Lipinski definition) is 4. The van der Waals surface area contributed by atoms with E-state index in [4.69, 9.17) is 4.74 Å². The Bertz CT molecular complexity index is 578. The fourth-order valence-corrected chi connectivity index (χ4v) is 2.99. The number of aliphatic imine (C=N–C) groups is 1. The van der Waals surface area contributed by atoms with Gasteiger partial charge in [-0.2, -0.15) is 0 Å². The van der Waals surface area contributed by atoms with Crippen LogP contribution in [-0.2, 0) is 9.53 Å². The van der Waals surface area contributed by atoms with Crippen molar-refractivity contribution in [2.75, 3.05) is 33.3 Å². The normalized spacial score (nSPS) is 17.3. The van der Waals surface area contributed by atoms with Gasteiger partial charge in [0.05, 0.1) is 25.7 Å². The summed E-state index contributed by atoms with van der Waals surface area (Å²) in [5.41, 5.74) is 2.04. The van der Waals surface area contributed by atoms with Crippen molar-refractivity contribution in [2.45, 2.75) is 32.8 Å². The number of guanidine groups is 1. The van der Waals surface area contributed by atoms with E-state index in [1.54, 1.807) is 0 Å². The first-order valence-electron chi connectivity index (χ1n) is 8.90. The standard InChI is InChI=1S/C19H29N3O3/c1-4-20-19(22-11-9-16(10-12-22)18(24)25-3)21-13-17(23)15-7-5-14(2)6-8-15/h5-8,16-17,23H,4,9-13H2,1-3H3,(H,20,21). The third-order valence-corrected chi connectivity index (χ3v) is 4.54. The van der Waals surface area contributed by atoms with Crippen LogP contribution in [0.2, 0.25) is 0 Å². The Morgan fingerprint density at radius 2 is 2.00 bits per heavy atom. The molecule has 0 saturated carbocycles. The monoisotopic (exact) mass is 347 g/mol. The second-order valence-electron chi connectivity index (χ2n) is 6.41. The summed E-state index contributed by atoms with van der Waals surface area (Å²) in [5.74, 6) is 0.635. The van der Waals surface area contributed by atoms with Gasteiger partial charge in [-0.25, -0.2) is 0 Å². The van der Waals surface area contributed by atoms with Crippen molar-refractivity contribution in [3.8, 4) is 0 Å². The Hall–Kier alpha value is -2.08. The maximum absolute atomic E-state index is 11.6. The van der Waals surface area contributed by atoms with Gasteiger partial charge in [0.25, 0.3) is 0 Å². The number of benzene rings is 1. The molecule has 0 bridgehead atoms. The number of piperidine rings is 1. The van der Waals surface area contributed by atoms with Gasteiger partial charge in [-0.15, -0.1) is 0 Å². The van der Waals surface area contributed by atoms with Gasteiger partial charge in [0.2, 0.25) is 0 Å². The zero-order valence-corrected chi connectivity index (χ0v) is 15.4. The van der Waals surface area contributed by atoms with Crippen LogP contribution in [0.15, 0.2) is 29.3 Å². The summed E-state index contributed by atoms with van der Waals surface area (Å²) < 4.78 is 4.83. The van der Waals surface area contributed by atoms with Gasteiger partial charge in [0, 0.05) is 19.6 Å². The van der Waals surface area contributed by atoms with Gasteiger partial charge in [0.1, 0.15) is 0 Å². The predicted octanol–water partition coefficient (Wildman–Crippen LogP) is 1.88. The van der Waals surface area contributed by atoms with Gasteiger partial charge >= 0.3 is 5.97 Å². The second kappa shape index (κ2) is 9.42. The van der Waals surface area contributed by atoms with E-state index in [2.05, 4.69) is 15.2 Å². The number of aryl methyl sites for hydroxylation is 1. The number of rotatable bonds is 5. The largest absolute Gasteiger partial charge is 0.469 e. The Kier molecular flexibility index (Phi) is 7.25. The van der Waals surface area contributed by atoms with Gasteiger partial charge in [-0.1, -0.05) is 29.8 Å². The molecular formula is C19H29N3O3. The molecular weight excluding hydrogens is 318 g/mol. The molecule has 1 aliphatic heterocycles. The average molecular weight is 347 g/mol. The zero-order valence-electron chi connectivity index (χ0n) is 15.4. The molecule has 1 atom stereocenters. The molecule has 0 radical (unpaired) electrons. The Labute approximate surface area is 149 Å². The summed E-state index contributed by atoms with van der Waals surface area (Å²) in [5, 5.41) is 13.6. The van der Waals surface area contributed by atoms with Crippen molar-refractivity contribution in [2.24, 2.45) is 10.9 Å². The highest BCUT2D eigenvalue weighted by Crippen LogP contribution is 2.19. The van der Waals surface area contributed by atoms with Crippen molar-refractivity contribution < 1.29 is 14.6 Å². The highest BCUT2D eigenvalue weighted by molar-refractivity contribution is 5.80. The number of aliphatic hydroxyl groups is 1. The highest BCUT2D eigenvalue weighted by atomic mass is 16.5. The minimum atomic E-state index is -0.623. The first kappa shape index (κ1) is 19.2. The number of aliphatic hydroxyl groups excluding tert-OH is 1. The molecule has 1 unspecified atom stereocenters. The number of methoxy groups -OCH3 is 1. The SMILES string of the molecule is CCNC(=NCC(O)c1ccc(C)cc1)N1CCC(C(=O)OC)CC1. The Morgan fingerprint density at radius 3 is 2.56 bits per heavy atom. The summed E-state index contributed by atoms with van der Waals surface area (Å²) in [6.07, 6.45) is 0.900. The van der Waals surface area contributed by atoms with Crippen molar-refractivity contribution >= 4 is 11.9 Å². The van der Waals surface area contributed by atoms with E-state index in [-0.39, 0.29) is 11.9 Å². The van der Waals surface area contributed by atoms with Crippen LogP contribution in [0.3, 0.4) is 0 Å². The van der Waals surface area contributed by atoms with Crippen LogP contribution in [-0.4, -0.2) is 55.2 Å². The molecule has 2 N–H and O–H groups in total. The summed E-state index contributed by atoms with van der Waals surface area (Å²) in [6.45, 7) is 6.62. The lowest BCUT2D eigenvalue weighted by atomic mass is 9.97. The fraction of sp³-hybridized carbons (Fsp3) is 0.579. The maximum atomic E-state index is 11.6. The number of likely N-dealkylation sites (tertiary alicyclic amines) is 1. The van der Waals surface area contributed by atoms with E-state index >= 15 is 0 Å². The number of carbonyl (C=O) groups excluding carboxylic acids is 1. The number of esters is 1. The van der Waals surface area contributed by atoms with Crippen LogP contribution < -0.4 is 5.32 Å². The van der Waals surface area contributed by atoms with E-state index in [0.717, 1.165) is 44.0 Å². The molecule has 0 spiro atoms. The van der Waals surface area contributed by atoms with Crippen LogP contribution in [0.25, 0.3) is 0 Å². The van der Waals surface area contributed by atoms with E-state index in [1.165, 1.54) is 12.7 Å². The van der Waals surface area contributed by atoms with E-state index in [9.17, 15) is 9.90 Å². The number of carbonyl (C=O) groups is 1. The van der Waals surface area contributed by atoms with Crippen LogP contribution in [0.4, 0.5) is 0 Å². The molecule has 6 nitrogen and oxygen atoms in total. The molecule has 0 aromatic heterocycles. The van der Waals surface area contributed by atoms with Crippen LogP contribution in [0.5, 0.6) is 0 Å². The summed E-state index contributed by atoms with van der Waals surface area (Å²) in [7, 11) is 1.44. The number of nitrogens with zero attached hydrogens (tertiary/aromatic N) is 2. The molecule has 1 aromatic carbocycles. The van der Waals surface area contributed by atoms with Crippen molar-refractivity contribution in [1.82, 2.24) is 10.2 Å². The van der Waals surface area contributed by atoms with Gasteiger partial charge < -0.3 is 20.1 Å². The quantitative estimate of drug-likeness (QED) is 0.483. The van der Waals surface area contributed by atoms with Crippen molar-refractivity contribution in [1.29, 1.82) is 0 Å². The highest BCUT2D eigenvalue weighted by Gasteiger charge is 2.27. The smallest absolute Gasteiger partial charge is 0.308 e. The molecule has 2 rings (SSSR count). The lowest BCUT2D eigenvalue weighted by Gasteiger charge is -2.33. The maximum Gasteiger partial charge on any atom is 0.308 e. The average Bonchev–Trinajstić information content (AvgIpc) is 2.65. The molecule has 6 heteroatoms. The van der Waals surface area contributed by atoms with E-state index in [1.807, 2.05) is 38.1 Å². The lowest BCUT2D eigenvalue weighted by molar-refractivity contribution is -0.146. The summed E-state index contributed by atoms with van der Waals surface area (Å²) in [6, 6.07) is 7.85. The first-order valence-corrected chi connectivity index (χ1v) is 8.90.